The van der Waals surface area contributed by atoms with E-state index in [-0.39, 0.29) is 0 Å². The Morgan fingerprint density at radius 3 is 1.38 bits per heavy atom. The van der Waals surface area contributed by atoms with E-state index in [1.165, 1.54) is 14.2 Å². The number of ether oxygens (including phenoxy) is 2. The summed E-state index contributed by atoms with van der Waals surface area (Å²) >= 11 is 0. The van der Waals surface area contributed by atoms with Crippen LogP contribution in [0, 0.1) is 0 Å². The molecule has 0 aliphatic rings. The van der Waals surface area contributed by atoms with Gasteiger partial charge in [0.15, 0.2) is 0 Å². The lowest BCUT2D eigenvalue weighted by Gasteiger charge is -2.20. The summed E-state index contributed by atoms with van der Waals surface area (Å²) in [6, 6.07) is 24.0. The lowest BCUT2D eigenvalue weighted by Crippen LogP contribution is -2.52. The van der Waals surface area contributed by atoms with E-state index in [1.807, 2.05) is 54.6 Å². The first kappa shape index (κ1) is 18.2. The zero-order valence-electron chi connectivity index (χ0n) is 14.6. The molecular formula is C20H20O5Si. The second-order valence-electron chi connectivity index (χ2n) is 5.50. The minimum absolute atomic E-state index is 0.612. The van der Waals surface area contributed by atoms with Crippen LogP contribution in [-0.4, -0.2) is 27.8 Å². The first-order valence-electron chi connectivity index (χ1n) is 8.07. The third-order valence-electron chi connectivity index (χ3n) is 3.81. The number of hydrogen-bond donors (Lipinski definition) is 1. The monoisotopic (exact) mass is 368 g/mol. The Kier molecular flexibility index (Phi) is 5.70. The molecule has 5 nitrogen and oxygen atoms in total. The Morgan fingerprint density at radius 1 is 0.577 bits per heavy atom. The van der Waals surface area contributed by atoms with E-state index in [4.69, 9.17) is 18.3 Å². The summed E-state index contributed by atoms with van der Waals surface area (Å²) in [6.07, 6.45) is 0. The van der Waals surface area contributed by atoms with Gasteiger partial charge in [-0.3, -0.25) is 0 Å². The molecule has 6 heteroatoms. The van der Waals surface area contributed by atoms with Crippen molar-refractivity contribution in [2.24, 2.45) is 0 Å². The van der Waals surface area contributed by atoms with Crippen LogP contribution in [0.3, 0.4) is 0 Å². The van der Waals surface area contributed by atoms with Crippen LogP contribution in [-0.2, 0) is 8.85 Å². The maximum absolute atomic E-state index is 10.3. The van der Waals surface area contributed by atoms with Crippen LogP contribution in [0.1, 0.15) is 0 Å². The van der Waals surface area contributed by atoms with Gasteiger partial charge in [-0.05, 0) is 48.5 Å². The summed E-state index contributed by atoms with van der Waals surface area (Å²) in [4.78, 5) is 10.3. The molecule has 0 spiro atoms. The van der Waals surface area contributed by atoms with E-state index < -0.39 is 8.80 Å². The molecule has 26 heavy (non-hydrogen) atoms. The highest BCUT2D eigenvalue weighted by atomic mass is 28.4. The van der Waals surface area contributed by atoms with Crippen LogP contribution >= 0.6 is 0 Å². The van der Waals surface area contributed by atoms with Crippen molar-refractivity contribution in [2.75, 3.05) is 14.2 Å². The number of para-hydroxylation sites is 1. The van der Waals surface area contributed by atoms with Crippen molar-refractivity contribution >= 4 is 14.0 Å². The molecule has 0 amide bonds. The van der Waals surface area contributed by atoms with Gasteiger partial charge in [0.1, 0.15) is 23.0 Å². The highest BCUT2D eigenvalue weighted by Gasteiger charge is 2.37. The van der Waals surface area contributed by atoms with Crippen molar-refractivity contribution in [2.45, 2.75) is 0 Å². The van der Waals surface area contributed by atoms with Crippen molar-refractivity contribution < 1.29 is 23.1 Å². The third-order valence-corrected chi connectivity index (χ3v) is 5.98. The molecule has 3 rings (SSSR count). The van der Waals surface area contributed by atoms with Gasteiger partial charge in [0, 0.05) is 19.4 Å². The minimum atomic E-state index is -3.31. The summed E-state index contributed by atoms with van der Waals surface area (Å²) in [5, 5.41) is 0.612. The van der Waals surface area contributed by atoms with Gasteiger partial charge in [0.05, 0.1) is 0 Å². The summed E-state index contributed by atoms with van der Waals surface area (Å²) in [5.74, 6) is 2.85. The number of hydrogen-bond acceptors (Lipinski definition) is 5. The fraction of sp³-hybridized carbons (Fsp3) is 0.100. The highest BCUT2D eigenvalue weighted by Crippen LogP contribution is 2.26. The summed E-state index contributed by atoms with van der Waals surface area (Å²) < 4.78 is 21.8. The molecule has 3 aromatic carbocycles. The Morgan fingerprint density at radius 2 is 0.962 bits per heavy atom. The Hall–Kier alpha value is -2.64. The van der Waals surface area contributed by atoms with Crippen LogP contribution in [0.5, 0.6) is 23.0 Å². The Labute approximate surface area is 153 Å². The van der Waals surface area contributed by atoms with Crippen LogP contribution in [0.2, 0.25) is 0 Å². The quantitative estimate of drug-likeness (QED) is 0.645. The first-order valence-corrected chi connectivity index (χ1v) is 9.83. The van der Waals surface area contributed by atoms with Gasteiger partial charge in [0.2, 0.25) is 0 Å². The predicted octanol–water partition coefficient (Wildman–Crippen LogP) is 3.70. The Bertz CT molecular complexity index is 815. The highest BCUT2D eigenvalue weighted by molar-refractivity contribution is 6.74. The first-order chi connectivity index (χ1) is 12.6. The molecule has 0 atom stereocenters. The molecule has 134 valence electrons. The van der Waals surface area contributed by atoms with E-state index in [1.54, 1.807) is 24.3 Å². The molecule has 0 aromatic heterocycles. The minimum Gasteiger partial charge on any atom is -0.457 e. The third kappa shape index (κ3) is 4.30. The molecule has 0 heterocycles. The molecule has 3 aromatic rings. The normalized spacial score (nSPS) is 11.2. The second kappa shape index (κ2) is 8.16. The predicted molar refractivity (Wildman–Crippen MR) is 101 cm³/mol. The van der Waals surface area contributed by atoms with Crippen LogP contribution in [0.4, 0.5) is 0 Å². The van der Waals surface area contributed by atoms with Gasteiger partial charge < -0.3 is 23.1 Å². The smallest absolute Gasteiger partial charge is 0.457 e. The maximum Gasteiger partial charge on any atom is 0.533 e. The van der Waals surface area contributed by atoms with Crippen molar-refractivity contribution in [3.63, 3.8) is 0 Å². The van der Waals surface area contributed by atoms with Crippen LogP contribution in [0.15, 0.2) is 78.9 Å². The van der Waals surface area contributed by atoms with E-state index in [0.29, 0.717) is 16.7 Å². The van der Waals surface area contributed by atoms with Crippen LogP contribution < -0.4 is 14.7 Å². The number of rotatable bonds is 7. The molecule has 0 unspecified atom stereocenters. The molecule has 0 saturated heterocycles. The van der Waals surface area contributed by atoms with Crippen molar-refractivity contribution in [3.8, 4) is 23.0 Å². The molecule has 0 fully saturated rings. The average Bonchev–Trinajstić information content (AvgIpc) is 2.70. The van der Waals surface area contributed by atoms with Gasteiger partial charge in [-0.1, -0.05) is 30.3 Å². The summed E-state index contributed by atoms with van der Waals surface area (Å²) in [6.45, 7) is 0. The number of benzene rings is 3. The van der Waals surface area contributed by atoms with Crippen molar-refractivity contribution in [3.05, 3.63) is 78.9 Å². The van der Waals surface area contributed by atoms with Gasteiger partial charge >= 0.3 is 8.80 Å². The fourth-order valence-electron chi connectivity index (χ4n) is 2.39. The zero-order chi connectivity index (χ0) is 18.4. The SMILES string of the molecule is CO[Si](O)(OC)c1ccc(Oc2ccc(Oc3ccccc3)cc2)cc1. The lowest BCUT2D eigenvalue weighted by atomic mass is 10.3. The van der Waals surface area contributed by atoms with Gasteiger partial charge in [0.25, 0.3) is 0 Å². The molecule has 0 aliphatic heterocycles. The zero-order valence-corrected chi connectivity index (χ0v) is 15.6. The van der Waals surface area contributed by atoms with E-state index >= 15 is 0 Å². The molecular weight excluding hydrogens is 348 g/mol. The molecule has 0 aliphatic carbocycles. The maximum atomic E-state index is 10.3. The van der Waals surface area contributed by atoms with E-state index in [9.17, 15) is 4.80 Å². The van der Waals surface area contributed by atoms with Crippen molar-refractivity contribution in [1.82, 2.24) is 0 Å². The molecule has 0 radical (unpaired) electrons. The topological polar surface area (TPSA) is 57.2 Å². The molecule has 1 N–H and O–H groups in total. The van der Waals surface area contributed by atoms with Gasteiger partial charge in [-0.15, -0.1) is 0 Å². The van der Waals surface area contributed by atoms with E-state index in [2.05, 4.69) is 0 Å². The molecule has 0 bridgehead atoms. The molecule has 0 saturated carbocycles. The Balaban J connectivity index is 1.66. The van der Waals surface area contributed by atoms with Gasteiger partial charge in [-0.25, -0.2) is 0 Å². The summed E-state index contributed by atoms with van der Waals surface area (Å²) in [7, 11) is -0.446. The second-order valence-corrected chi connectivity index (χ2v) is 8.06. The van der Waals surface area contributed by atoms with Crippen LogP contribution in [0.25, 0.3) is 0 Å². The van der Waals surface area contributed by atoms with Gasteiger partial charge in [-0.2, -0.15) is 0 Å². The van der Waals surface area contributed by atoms with Crippen molar-refractivity contribution in [1.29, 1.82) is 0 Å². The standard InChI is InChI=1S/C20H20O5Si/c1-22-26(21,23-2)20-14-12-19(13-15-20)25-18-10-8-17(9-11-18)24-16-6-4-3-5-7-16/h3-15,21H,1-2H3. The fourth-order valence-corrected chi connectivity index (χ4v) is 3.62. The van der Waals surface area contributed by atoms with E-state index in [0.717, 1.165) is 11.5 Å². The largest absolute Gasteiger partial charge is 0.533 e. The lowest BCUT2D eigenvalue weighted by molar-refractivity contribution is 0.169. The summed E-state index contributed by atoms with van der Waals surface area (Å²) in [5.41, 5.74) is 0. The average molecular weight is 368 g/mol.